The highest BCUT2D eigenvalue weighted by Gasteiger charge is 2.43. The van der Waals surface area contributed by atoms with Crippen LogP contribution in [0.25, 0.3) is 27.7 Å². The van der Waals surface area contributed by atoms with Crippen LogP contribution in [0.1, 0.15) is 69.6 Å². The second-order valence-electron chi connectivity index (χ2n) is 13.6. The van der Waals surface area contributed by atoms with Crippen molar-refractivity contribution in [1.29, 1.82) is 5.26 Å². The van der Waals surface area contributed by atoms with Crippen molar-refractivity contribution in [2.24, 2.45) is 7.05 Å². The number of carboxylic acid groups (broad SMARTS) is 1. The number of pyridine rings is 1. The number of hydrogen-bond acceptors (Lipinski definition) is 9. The van der Waals surface area contributed by atoms with E-state index in [0.29, 0.717) is 16.8 Å². The molecule has 4 heterocycles. The molecule has 1 amide bonds. The van der Waals surface area contributed by atoms with Crippen molar-refractivity contribution in [3.8, 4) is 17.2 Å². The first kappa shape index (κ1) is 37.8. The van der Waals surface area contributed by atoms with E-state index in [-0.39, 0.29) is 54.6 Å². The average Bonchev–Trinajstić information content (AvgIpc) is 3.73. The molecule has 5 rings (SSSR count). The predicted octanol–water partition coefficient (Wildman–Crippen LogP) is 5.74. The van der Waals surface area contributed by atoms with Gasteiger partial charge in [0.1, 0.15) is 22.1 Å². The maximum atomic E-state index is 14.7. The molecular formula is C34H37F3N8O6S. The number of halogens is 3. The fourth-order valence-electron chi connectivity index (χ4n) is 5.93. The highest BCUT2D eigenvalue weighted by molar-refractivity contribution is 7.91. The topological polar surface area (TPSA) is 178 Å². The molecule has 0 bridgehead atoms. The summed E-state index contributed by atoms with van der Waals surface area (Å²) in [6.07, 6.45) is 2.42. The Morgan fingerprint density at radius 2 is 1.88 bits per heavy atom. The lowest BCUT2D eigenvalue weighted by atomic mass is 9.91. The van der Waals surface area contributed by atoms with Gasteiger partial charge in [0.25, 0.3) is 0 Å². The van der Waals surface area contributed by atoms with Crippen LogP contribution in [0, 0.1) is 11.3 Å². The highest BCUT2D eigenvalue weighted by Crippen LogP contribution is 2.42. The lowest BCUT2D eigenvalue weighted by molar-refractivity contribution is -0.141. The van der Waals surface area contributed by atoms with E-state index in [2.05, 4.69) is 21.3 Å². The largest absolute Gasteiger partial charge is 0.481 e. The fraction of sp³-hybridized carbons (Fsp3) is 0.412. The zero-order chi connectivity index (χ0) is 38.4. The quantitative estimate of drug-likeness (QED) is 0.211. The van der Waals surface area contributed by atoms with E-state index in [4.69, 9.17) is 9.84 Å². The normalized spacial score (nSPS) is 16.5. The van der Waals surface area contributed by atoms with Gasteiger partial charge in [-0.25, -0.2) is 22.2 Å². The van der Waals surface area contributed by atoms with Crippen LogP contribution in [0.3, 0.4) is 0 Å². The van der Waals surface area contributed by atoms with Gasteiger partial charge in [-0.05, 0) is 58.2 Å². The zero-order valence-corrected chi connectivity index (χ0v) is 30.1. The number of carbonyl (C=O) groups excluding carboxylic acids is 1. The standard InChI is InChI=1S/C34H37F3N8O6S/c1-32(2,3)51-31(48)42(5)20-25-28(26(17-38)43(6)40-25)21-10-7-13-33(4,16-21)52(49,50)45-19-23(22-11-8-14-39-30(22)45)24-18-44(15-9-12-27(46)47)41-29(24)34(35,36)37/h7-8,10-11,14,16,18-19H,9,12-13,15,20H2,1-6H3,(H,46,47). The van der Waals surface area contributed by atoms with E-state index in [1.807, 2.05) is 0 Å². The summed E-state index contributed by atoms with van der Waals surface area (Å²) in [5, 5.41) is 27.3. The SMILES string of the molecule is CN(Cc1nn(C)c(C#N)c1C1=CC(C)(S(=O)(=O)n2cc(-c3cn(CCCC(=O)O)nc3C(F)(F)F)c3cccnc32)CC=C1)C(=O)OC(C)(C)C. The molecule has 4 aromatic heterocycles. The number of hydrogen-bond donors (Lipinski definition) is 1. The van der Waals surface area contributed by atoms with Gasteiger partial charge in [-0.15, -0.1) is 0 Å². The maximum absolute atomic E-state index is 14.7. The molecule has 0 fully saturated rings. The minimum atomic E-state index is -4.92. The number of carboxylic acids is 1. The van der Waals surface area contributed by atoms with Gasteiger partial charge in [0, 0.05) is 67.7 Å². The summed E-state index contributed by atoms with van der Waals surface area (Å²) in [5.41, 5.74) is -1.58. The molecule has 1 aliphatic rings. The summed E-state index contributed by atoms with van der Waals surface area (Å²) in [6, 6.07) is 5.03. The third kappa shape index (κ3) is 7.31. The molecule has 1 atom stereocenters. The lowest BCUT2D eigenvalue weighted by Gasteiger charge is -2.29. The molecule has 52 heavy (non-hydrogen) atoms. The molecule has 0 aromatic carbocycles. The zero-order valence-electron chi connectivity index (χ0n) is 29.3. The Kier molecular flexibility index (Phi) is 9.89. The van der Waals surface area contributed by atoms with Crippen LogP contribution in [0.2, 0.25) is 0 Å². The van der Waals surface area contributed by atoms with Crippen molar-refractivity contribution in [1.82, 2.24) is 33.4 Å². The number of allylic oxidation sites excluding steroid dienone is 3. The number of alkyl halides is 3. The van der Waals surface area contributed by atoms with Crippen LogP contribution in [0.5, 0.6) is 0 Å². The summed E-state index contributed by atoms with van der Waals surface area (Å²) >= 11 is 0. The molecule has 0 saturated heterocycles. The molecule has 14 nitrogen and oxygen atoms in total. The molecule has 1 aliphatic carbocycles. The summed E-state index contributed by atoms with van der Waals surface area (Å²) in [5.74, 6) is -1.11. The number of rotatable bonds is 10. The van der Waals surface area contributed by atoms with Crippen LogP contribution < -0.4 is 0 Å². The molecule has 0 aliphatic heterocycles. The number of aryl methyl sites for hydroxylation is 2. The van der Waals surface area contributed by atoms with Crippen LogP contribution >= 0.6 is 0 Å². The van der Waals surface area contributed by atoms with Gasteiger partial charge in [0.2, 0.25) is 10.0 Å². The molecule has 0 saturated carbocycles. The Labute approximate surface area is 297 Å². The van der Waals surface area contributed by atoms with E-state index in [0.717, 1.165) is 21.0 Å². The van der Waals surface area contributed by atoms with Crippen LogP contribution in [0.4, 0.5) is 18.0 Å². The van der Waals surface area contributed by atoms with Gasteiger partial charge in [0.05, 0.1) is 12.2 Å². The van der Waals surface area contributed by atoms with E-state index < -0.39 is 49.9 Å². The number of ether oxygens (including phenoxy) is 1. The molecule has 0 spiro atoms. The minimum Gasteiger partial charge on any atom is -0.481 e. The van der Waals surface area contributed by atoms with Gasteiger partial charge < -0.3 is 14.7 Å². The van der Waals surface area contributed by atoms with Crippen molar-refractivity contribution < 1.29 is 41.0 Å². The minimum absolute atomic E-state index is 0.0233. The summed E-state index contributed by atoms with van der Waals surface area (Å²) in [7, 11) is -1.46. The first-order chi connectivity index (χ1) is 24.2. The monoisotopic (exact) mass is 742 g/mol. The molecule has 18 heteroatoms. The lowest BCUT2D eigenvalue weighted by Crippen LogP contribution is -2.38. The van der Waals surface area contributed by atoms with E-state index >= 15 is 0 Å². The number of carbonyl (C=O) groups is 2. The summed E-state index contributed by atoms with van der Waals surface area (Å²) in [4.78, 5) is 29.3. The van der Waals surface area contributed by atoms with E-state index in [1.54, 1.807) is 40.0 Å². The first-order valence-electron chi connectivity index (χ1n) is 16.0. The van der Waals surface area contributed by atoms with Crippen molar-refractivity contribution in [2.45, 2.75) is 76.6 Å². The average molecular weight is 743 g/mol. The van der Waals surface area contributed by atoms with Crippen molar-refractivity contribution in [3.63, 3.8) is 0 Å². The van der Waals surface area contributed by atoms with E-state index in [9.17, 15) is 36.4 Å². The molecule has 276 valence electrons. The van der Waals surface area contributed by atoms with Crippen molar-refractivity contribution in [2.75, 3.05) is 7.05 Å². The molecule has 1 unspecified atom stereocenters. The van der Waals surface area contributed by atoms with Crippen LogP contribution in [-0.2, 0) is 45.9 Å². The van der Waals surface area contributed by atoms with Gasteiger partial charge in [-0.1, -0.05) is 18.2 Å². The smallest absolute Gasteiger partial charge is 0.435 e. The van der Waals surface area contributed by atoms with Gasteiger partial charge in [-0.3, -0.25) is 14.2 Å². The predicted molar refractivity (Wildman–Crippen MR) is 183 cm³/mol. The molecular weight excluding hydrogens is 705 g/mol. The van der Waals surface area contributed by atoms with Crippen molar-refractivity contribution in [3.05, 3.63) is 71.6 Å². The van der Waals surface area contributed by atoms with Gasteiger partial charge >= 0.3 is 18.2 Å². The summed E-state index contributed by atoms with van der Waals surface area (Å²) < 4.78 is 79.2. The maximum Gasteiger partial charge on any atom is 0.435 e. The fourth-order valence-corrected chi connectivity index (χ4v) is 7.58. The number of nitriles is 1. The number of aromatic nitrogens is 6. The van der Waals surface area contributed by atoms with Crippen molar-refractivity contribution >= 4 is 38.7 Å². The second-order valence-corrected chi connectivity index (χ2v) is 15.9. The molecule has 4 aromatic rings. The molecule has 0 radical (unpaired) electrons. The van der Waals surface area contributed by atoms with Crippen LogP contribution in [-0.4, -0.2) is 76.4 Å². The third-order valence-electron chi connectivity index (χ3n) is 8.37. The Bertz CT molecular complexity index is 2270. The van der Waals surface area contributed by atoms with E-state index in [1.165, 1.54) is 48.0 Å². The summed E-state index contributed by atoms with van der Waals surface area (Å²) in [6.45, 7) is 6.43. The first-order valence-corrected chi connectivity index (χ1v) is 17.5. The van der Waals surface area contributed by atoms with Crippen LogP contribution in [0.15, 0.2) is 49.0 Å². The Balaban J connectivity index is 1.61. The Hall–Kier alpha value is -5.44. The number of fused-ring (bicyclic) bond motifs is 1. The number of nitrogens with zero attached hydrogens (tertiary/aromatic N) is 8. The third-order valence-corrected chi connectivity index (χ3v) is 10.6. The number of amides is 1. The van der Waals surface area contributed by atoms with Gasteiger partial charge in [0.15, 0.2) is 11.3 Å². The second kappa shape index (κ2) is 13.6. The Morgan fingerprint density at radius 3 is 2.52 bits per heavy atom. The highest BCUT2D eigenvalue weighted by atomic mass is 32.2. The Morgan fingerprint density at radius 1 is 1.17 bits per heavy atom. The number of aliphatic carboxylic acids is 1. The molecule has 1 N–H and O–H groups in total. The van der Waals surface area contributed by atoms with Gasteiger partial charge in [-0.2, -0.15) is 28.6 Å².